The van der Waals surface area contributed by atoms with Gasteiger partial charge >= 0.3 is 0 Å². The molecule has 0 bridgehead atoms. The van der Waals surface area contributed by atoms with Crippen LogP contribution >= 0.6 is 0 Å². The van der Waals surface area contributed by atoms with Crippen LogP contribution in [0.1, 0.15) is 22.5 Å². The topological polar surface area (TPSA) is 188 Å². The van der Waals surface area contributed by atoms with Gasteiger partial charge in [-0.3, -0.25) is 19.4 Å². The number of phenolic OH excluding ortho intramolecular Hbond substituents is 1. The van der Waals surface area contributed by atoms with E-state index in [1.165, 1.54) is 36.8 Å². The Hall–Kier alpha value is -3.83. The summed E-state index contributed by atoms with van der Waals surface area (Å²) in [6.07, 6.45) is 2.51. The minimum absolute atomic E-state index is 0.00172. The average molecular weight is 441 g/mol. The van der Waals surface area contributed by atoms with Crippen molar-refractivity contribution in [3.05, 3.63) is 65.8 Å². The number of hydrogen-bond donors (Lipinski definition) is 6. The number of benzene rings is 1. The van der Waals surface area contributed by atoms with Crippen molar-refractivity contribution in [2.24, 2.45) is 5.73 Å². The highest BCUT2D eigenvalue weighted by molar-refractivity contribution is 5.97. The second-order valence-corrected chi connectivity index (χ2v) is 7.34. The molecule has 0 saturated heterocycles. The van der Waals surface area contributed by atoms with Gasteiger partial charge in [-0.15, -0.1) is 0 Å². The van der Waals surface area contributed by atoms with Crippen molar-refractivity contribution in [2.75, 3.05) is 0 Å². The third-order valence-electron chi connectivity index (χ3n) is 4.98. The first-order chi connectivity index (χ1) is 15.2. The van der Waals surface area contributed by atoms with Crippen molar-refractivity contribution in [3.63, 3.8) is 0 Å². The Bertz CT molecular complexity index is 1010. The Kier molecular flexibility index (Phi) is 7.13. The van der Waals surface area contributed by atoms with Crippen molar-refractivity contribution in [1.29, 1.82) is 0 Å². The lowest BCUT2D eigenvalue weighted by molar-refractivity contribution is -0.125. The Labute approximate surface area is 183 Å². The molecule has 1 aliphatic carbocycles. The van der Waals surface area contributed by atoms with Gasteiger partial charge in [0.25, 0.3) is 5.91 Å². The van der Waals surface area contributed by atoms with Crippen LogP contribution in [0.25, 0.3) is 0 Å². The fraction of sp³-hybridized carbons (Fsp3) is 0.286. The molecule has 11 nitrogen and oxygen atoms in total. The van der Waals surface area contributed by atoms with Crippen LogP contribution in [0.5, 0.6) is 5.75 Å². The fourth-order valence-corrected chi connectivity index (χ4v) is 3.25. The number of nitrogens with one attached hydrogen (secondary N) is 2. The van der Waals surface area contributed by atoms with E-state index in [0.29, 0.717) is 5.56 Å². The van der Waals surface area contributed by atoms with E-state index in [4.69, 9.17) is 5.73 Å². The van der Waals surface area contributed by atoms with Crippen molar-refractivity contribution < 1.29 is 29.7 Å². The Balaban J connectivity index is 1.72. The van der Waals surface area contributed by atoms with E-state index < -0.39 is 42.0 Å². The highest BCUT2D eigenvalue weighted by atomic mass is 16.3. The summed E-state index contributed by atoms with van der Waals surface area (Å²) in [7, 11) is 0. The van der Waals surface area contributed by atoms with Crippen molar-refractivity contribution in [3.8, 4) is 5.75 Å². The number of aromatic nitrogens is 2. The number of amides is 3. The van der Waals surface area contributed by atoms with Crippen molar-refractivity contribution in [2.45, 2.75) is 37.1 Å². The molecule has 2 aromatic rings. The lowest BCUT2D eigenvalue weighted by Gasteiger charge is -2.31. The summed E-state index contributed by atoms with van der Waals surface area (Å²) in [5.74, 6) is -2.02. The molecule has 0 fully saturated rings. The smallest absolute Gasteiger partial charge is 0.272 e. The summed E-state index contributed by atoms with van der Waals surface area (Å²) in [4.78, 5) is 44.6. The van der Waals surface area contributed by atoms with Crippen LogP contribution in [0, 0.1) is 0 Å². The molecule has 3 amide bonds. The van der Waals surface area contributed by atoms with Gasteiger partial charge in [0, 0.05) is 30.8 Å². The van der Waals surface area contributed by atoms with Crippen molar-refractivity contribution >= 4 is 17.7 Å². The van der Waals surface area contributed by atoms with E-state index in [9.17, 15) is 29.7 Å². The number of aliphatic hydroxyl groups is 2. The maximum atomic E-state index is 12.8. The summed E-state index contributed by atoms with van der Waals surface area (Å²) in [5, 5.41) is 34.8. The Morgan fingerprint density at radius 2 is 1.84 bits per heavy atom. The van der Waals surface area contributed by atoms with Gasteiger partial charge in [-0.25, -0.2) is 4.98 Å². The van der Waals surface area contributed by atoms with Crippen molar-refractivity contribution in [1.82, 2.24) is 20.6 Å². The average Bonchev–Trinajstić information content (AvgIpc) is 2.78. The SMILES string of the molecule is NC(=O)C(Cc1ccc(O)cc1)NC(=O)C1=CC(NC(=O)c2cnccn2)C(O)C(O)C1. The quantitative estimate of drug-likeness (QED) is 0.301. The number of carbonyl (C=O) groups excluding carboxylic acids is 3. The van der Waals surface area contributed by atoms with Gasteiger partial charge in [-0.1, -0.05) is 18.2 Å². The molecular formula is C21H23N5O6. The van der Waals surface area contributed by atoms with E-state index in [-0.39, 0.29) is 29.9 Å². The molecule has 0 saturated carbocycles. The zero-order chi connectivity index (χ0) is 23.3. The Morgan fingerprint density at radius 1 is 1.12 bits per heavy atom. The lowest BCUT2D eigenvalue weighted by atomic mass is 9.89. The minimum atomic E-state index is -1.35. The van der Waals surface area contributed by atoms with Gasteiger partial charge in [0.1, 0.15) is 23.6 Å². The number of phenols is 1. The van der Waals surface area contributed by atoms with Gasteiger partial charge in [-0.05, 0) is 17.7 Å². The third kappa shape index (κ3) is 5.65. The molecule has 1 aliphatic rings. The molecule has 1 aromatic heterocycles. The maximum Gasteiger partial charge on any atom is 0.272 e. The predicted octanol–water partition coefficient (Wildman–Crippen LogP) is -1.45. The largest absolute Gasteiger partial charge is 0.508 e. The van der Waals surface area contributed by atoms with Gasteiger partial charge in [0.2, 0.25) is 11.8 Å². The molecule has 11 heteroatoms. The van der Waals surface area contributed by atoms with E-state index in [2.05, 4.69) is 20.6 Å². The van der Waals surface area contributed by atoms with E-state index in [0.717, 1.165) is 0 Å². The summed E-state index contributed by atoms with van der Waals surface area (Å²) < 4.78 is 0. The number of nitrogens with zero attached hydrogens (tertiary/aromatic N) is 2. The predicted molar refractivity (Wildman–Crippen MR) is 111 cm³/mol. The zero-order valence-corrected chi connectivity index (χ0v) is 16.9. The highest BCUT2D eigenvalue weighted by Gasteiger charge is 2.34. The molecule has 0 aliphatic heterocycles. The lowest BCUT2D eigenvalue weighted by Crippen LogP contribution is -2.52. The van der Waals surface area contributed by atoms with Crippen LogP contribution in [0.2, 0.25) is 0 Å². The molecule has 3 rings (SSSR count). The van der Waals surface area contributed by atoms with Crippen LogP contribution in [-0.2, 0) is 16.0 Å². The van der Waals surface area contributed by atoms with Crippen LogP contribution in [0.3, 0.4) is 0 Å². The van der Waals surface area contributed by atoms with E-state index in [1.54, 1.807) is 12.1 Å². The molecule has 32 heavy (non-hydrogen) atoms. The number of carbonyl (C=O) groups is 3. The first-order valence-corrected chi connectivity index (χ1v) is 9.76. The summed E-state index contributed by atoms with van der Waals surface area (Å²) in [5.41, 5.74) is 6.15. The standard InChI is InChI=1S/C21H23N5O6/c22-19(30)15(7-11-1-3-13(27)4-2-11)26-20(31)12-8-14(18(29)17(28)9-12)25-21(32)16-10-23-5-6-24-16/h1-6,8,10,14-15,17-18,27-29H,7,9H2,(H2,22,30)(H,25,32)(H,26,31). The van der Waals surface area contributed by atoms with Gasteiger partial charge in [0.05, 0.1) is 18.3 Å². The number of aliphatic hydroxyl groups excluding tert-OH is 2. The van der Waals surface area contributed by atoms with Crippen LogP contribution in [0.4, 0.5) is 0 Å². The number of hydrogen-bond acceptors (Lipinski definition) is 8. The highest BCUT2D eigenvalue weighted by Crippen LogP contribution is 2.21. The minimum Gasteiger partial charge on any atom is -0.508 e. The second kappa shape index (κ2) is 9.98. The number of aromatic hydroxyl groups is 1. The first kappa shape index (κ1) is 22.8. The van der Waals surface area contributed by atoms with Crippen LogP contribution in [-0.4, -0.2) is 67.3 Å². The maximum absolute atomic E-state index is 12.8. The molecule has 168 valence electrons. The molecule has 4 unspecified atom stereocenters. The normalized spacial score (nSPS) is 21.2. The molecule has 0 radical (unpaired) electrons. The summed E-state index contributed by atoms with van der Waals surface area (Å²) in [6.45, 7) is 0. The number of nitrogens with two attached hydrogens (primary N) is 1. The van der Waals surface area contributed by atoms with Crippen LogP contribution < -0.4 is 16.4 Å². The Morgan fingerprint density at radius 3 is 2.47 bits per heavy atom. The monoisotopic (exact) mass is 441 g/mol. The summed E-state index contributed by atoms with van der Waals surface area (Å²) >= 11 is 0. The van der Waals surface area contributed by atoms with Gasteiger partial charge in [0.15, 0.2) is 0 Å². The second-order valence-electron chi connectivity index (χ2n) is 7.34. The van der Waals surface area contributed by atoms with E-state index in [1.807, 2.05) is 0 Å². The third-order valence-corrected chi connectivity index (χ3v) is 4.98. The van der Waals surface area contributed by atoms with E-state index >= 15 is 0 Å². The molecule has 1 aromatic carbocycles. The first-order valence-electron chi connectivity index (χ1n) is 9.76. The zero-order valence-electron chi connectivity index (χ0n) is 16.9. The molecule has 1 heterocycles. The van der Waals surface area contributed by atoms with Gasteiger partial charge < -0.3 is 31.7 Å². The molecule has 4 atom stereocenters. The molecular weight excluding hydrogens is 418 g/mol. The van der Waals surface area contributed by atoms with Crippen LogP contribution in [0.15, 0.2) is 54.5 Å². The molecule has 7 N–H and O–H groups in total. The number of primary amides is 1. The summed E-state index contributed by atoms with van der Waals surface area (Å²) in [6, 6.07) is 3.95. The number of rotatable bonds is 7. The molecule has 0 spiro atoms. The van der Waals surface area contributed by atoms with Gasteiger partial charge in [-0.2, -0.15) is 0 Å². The fourth-order valence-electron chi connectivity index (χ4n) is 3.25.